The van der Waals surface area contributed by atoms with Gasteiger partial charge in [0.25, 0.3) is 5.91 Å². The van der Waals surface area contributed by atoms with Crippen molar-refractivity contribution in [3.63, 3.8) is 0 Å². The summed E-state index contributed by atoms with van der Waals surface area (Å²) in [7, 11) is 0. The van der Waals surface area contributed by atoms with Gasteiger partial charge in [0.2, 0.25) is 0 Å². The highest BCUT2D eigenvalue weighted by atomic mass is 16.6. The number of amides is 1. The number of carbonyl (C=O) groups excluding carboxylic acids is 1. The zero-order chi connectivity index (χ0) is 23.0. The third-order valence-corrected chi connectivity index (χ3v) is 5.83. The van der Waals surface area contributed by atoms with Crippen LogP contribution in [-0.4, -0.2) is 17.7 Å². The first-order chi connectivity index (χ1) is 16.2. The number of anilines is 2. The van der Waals surface area contributed by atoms with E-state index in [1.165, 1.54) is 37.1 Å². The zero-order valence-electron chi connectivity index (χ0n) is 19.0. The maximum absolute atomic E-state index is 13.0. The average Bonchev–Trinajstić information content (AvgIpc) is 3.20. The molecule has 0 radical (unpaired) electrons. The quantitative estimate of drug-likeness (QED) is 0.355. The van der Waals surface area contributed by atoms with Crippen LogP contribution in [0.1, 0.15) is 55.8 Å². The third-order valence-electron chi connectivity index (χ3n) is 5.83. The monoisotopic (exact) mass is 445 g/mol. The summed E-state index contributed by atoms with van der Waals surface area (Å²) in [6, 6.07) is 22.7. The van der Waals surface area contributed by atoms with Crippen LogP contribution in [0.4, 0.5) is 11.4 Å². The number of hydrazine groups is 2. The number of hydrogen-bond acceptors (Lipinski definition) is 5. The normalized spacial score (nSPS) is 12.7. The fourth-order valence-corrected chi connectivity index (χ4v) is 3.94. The van der Waals surface area contributed by atoms with Crippen molar-refractivity contribution < 1.29 is 14.7 Å². The summed E-state index contributed by atoms with van der Waals surface area (Å²) in [4.78, 5) is 13.0. The van der Waals surface area contributed by atoms with E-state index >= 15 is 0 Å². The van der Waals surface area contributed by atoms with Crippen LogP contribution in [0.3, 0.4) is 0 Å². The second kappa shape index (κ2) is 11.0. The largest absolute Gasteiger partial charge is 0.494 e. The Kier molecular flexibility index (Phi) is 7.60. The Morgan fingerprint density at radius 2 is 1.42 bits per heavy atom. The number of hydrogen-bond donors (Lipinski definition) is 2. The number of rotatable bonds is 10. The Morgan fingerprint density at radius 3 is 2.12 bits per heavy atom. The second-order valence-corrected chi connectivity index (χ2v) is 8.26. The molecule has 1 amide bonds. The van der Waals surface area contributed by atoms with Crippen LogP contribution in [0.5, 0.6) is 5.75 Å². The minimum Gasteiger partial charge on any atom is -0.494 e. The van der Waals surface area contributed by atoms with Crippen molar-refractivity contribution in [2.75, 3.05) is 16.8 Å². The predicted molar refractivity (Wildman–Crippen MR) is 131 cm³/mol. The summed E-state index contributed by atoms with van der Waals surface area (Å²) in [6.45, 7) is 2.98. The van der Waals surface area contributed by atoms with E-state index in [0.717, 1.165) is 35.1 Å². The summed E-state index contributed by atoms with van der Waals surface area (Å²) in [5.74, 6) is 0.635. The van der Waals surface area contributed by atoms with Gasteiger partial charge in [0, 0.05) is 5.56 Å². The van der Waals surface area contributed by atoms with Crippen molar-refractivity contribution in [2.24, 2.45) is 0 Å². The molecule has 3 aromatic rings. The van der Waals surface area contributed by atoms with Gasteiger partial charge in [-0.3, -0.25) is 10.0 Å². The first-order valence-corrected chi connectivity index (χ1v) is 11.7. The average molecular weight is 446 g/mol. The summed E-state index contributed by atoms with van der Waals surface area (Å²) in [6.07, 6.45) is 7.50. The van der Waals surface area contributed by atoms with Crippen LogP contribution in [-0.2, 0) is 0 Å². The van der Waals surface area contributed by atoms with Gasteiger partial charge in [-0.15, -0.1) is 5.53 Å². The zero-order valence-corrected chi connectivity index (χ0v) is 19.0. The summed E-state index contributed by atoms with van der Waals surface area (Å²) < 4.78 is 5.87. The lowest BCUT2D eigenvalue weighted by molar-refractivity contribution is 0.0957. The van der Waals surface area contributed by atoms with Crippen molar-refractivity contribution in [3.8, 4) is 16.9 Å². The molecule has 0 fully saturated rings. The van der Waals surface area contributed by atoms with Crippen molar-refractivity contribution in [2.45, 2.75) is 45.4 Å². The fourth-order valence-electron chi connectivity index (χ4n) is 3.94. The lowest BCUT2D eigenvalue weighted by Gasteiger charge is -2.17. The summed E-state index contributed by atoms with van der Waals surface area (Å²) >= 11 is 0. The van der Waals surface area contributed by atoms with Gasteiger partial charge in [-0.2, -0.15) is 5.17 Å². The van der Waals surface area contributed by atoms with E-state index in [-0.39, 0.29) is 5.91 Å². The number of fused-ring (bicyclic) bond motifs is 1. The number of carbonyl (C=O) groups is 1. The van der Waals surface area contributed by atoms with Crippen LogP contribution in [0.15, 0.2) is 72.8 Å². The van der Waals surface area contributed by atoms with E-state index in [1.807, 2.05) is 42.5 Å². The van der Waals surface area contributed by atoms with Crippen molar-refractivity contribution >= 4 is 17.3 Å². The molecule has 3 aromatic carbocycles. The Balaban J connectivity index is 1.32. The number of para-hydroxylation sites is 2. The molecule has 172 valence electrons. The molecule has 1 aliphatic rings. The van der Waals surface area contributed by atoms with E-state index in [4.69, 9.17) is 4.74 Å². The van der Waals surface area contributed by atoms with Crippen LogP contribution in [0.25, 0.3) is 11.1 Å². The van der Waals surface area contributed by atoms with Gasteiger partial charge in [-0.25, -0.2) is 5.01 Å². The highest BCUT2D eigenvalue weighted by Gasteiger charge is 2.29. The van der Waals surface area contributed by atoms with E-state index in [0.29, 0.717) is 16.9 Å². The van der Waals surface area contributed by atoms with Crippen molar-refractivity contribution in [1.82, 2.24) is 5.53 Å². The Hall–Kier alpha value is -3.35. The lowest BCUT2D eigenvalue weighted by atomic mass is 10.0. The molecule has 2 N–H and O–H groups in total. The highest BCUT2D eigenvalue weighted by molar-refractivity contribution is 6.08. The van der Waals surface area contributed by atoms with Gasteiger partial charge in [0.05, 0.1) is 12.3 Å². The number of unbranched alkanes of at least 4 members (excludes halogenated alkanes) is 5. The number of nitrogens with one attached hydrogen (secondary N) is 1. The maximum Gasteiger partial charge on any atom is 0.274 e. The van der Waals surface area contributed by atoms with Crippen LogP contribution < -0.4 is 20.5 Å². The molecule has 0 saturated heterocycles. The number of benzene rings is 3. The Morgan fingerprint density at radius 1 is 0.818 bits per heavy atom. The molecule has 33 heavy (non-hydrogen) atoms. The third kappa shape index (κ3) is 5.53. The Bertz CT molecular complexity index is 1050. The number of nitrogens with zero attached hydrogens (tertiary/aromatic N) is 2. The van der Waals surface area contributed by atoms with E-state index in [2.05, 4.69) is 12.5 Å². The SMILES string of the molecule is CCCCCCCCOc1ccc(-c2ccc(C(=O)N3NN(O)c4ccccc43)cc2)cc1. The van der Waals surface area contributed by atoms with Gasteiger partial charge in [0.15, 0.2) is 0 Å². The van der Waals surface area contributed by atoms with Gasteiger partial charge in [0.1, 0.15) is 11.4 Å². The van der Waals surface area contributed by atoms with Gasteiger partial charge >= 0.3 is 0 Å². The minimum absolute atomic E-state index is 0.246. The molecular formula is C27H31N3O3. The van der Waals surface area contributed by atoms with Crippen LogP contribution in [0, 0.1) is 0 Å². The first kappa shape index (κ1) is 22.8. The smallest absolute Gasteiger partial charge is 0.274 e. The van der Waals surface area contributed by atoms with E-state index < -0.39 is 0 Å². The molecular weight excluding hydrogens is 414 g/mol. The molecule has 1 aliphatic heterocycles. The molecule has 6 nitrogen and oxygen atoms in total. The molecule has 0 saturated carbocycles. The molecule has 0 unspecified atom stereocenters. The number of ether oxygens (including phenoxy) is 1. The first-order valence-electron chi connectivity index (χ1n) is 11.7. The maximum atomic E-state index is 13.0. The molecule has 0 bridgehead atoms. The molecule has 4 rings (SSSR count). The van der Waals surface area contributed by atoms with Crippen molar-refractivity contribution in [3.05, 3.63) is 78.4 Å². The predicted octanol–water partition coefficient (Wildman–Crippen LogP) is 6.37. The molecule has 6 heteroatoms. The molecule has 1 heterocycles. The van der Waals surface area contributed by atoms with Crippen LogP contribution >= 0.6 is 0 Å². The second-order valence-electron chi connectivity index (χ2n) is 8.26. The van der Waals surface area contributed by atoms with Crippen LogP contribution in [0.2, 0.25) is 0 Å². The summed E-state index contributed by atoms with van der Waals surface area (Å²) in [5, 5.41) is 12.2. The molecule has 0 aromatic heterocycles. The molecule has 0 spiro atoms. The molecule has 0 atom stereocenters. The minimum atomic E-state index is -0.246. The van der Waals surface area contributed by atoms with Gasteiger partial charge < -0.3 is 4.74 Å². The van der Waals surface area contributed by atoms with Gasteiger partial charge in [-0.1, -0.05) is 75.4 Å². The fraction of sp³-hybridized carbons (Fsp3) is 0.296. The highest BCUT2D eigenvalue weighted by Crippen LogP contribution is 2.33. The Labute approximate surface area is 195 Å². The standard InChI is InChI=1S/C27H31N3O3/c1-2-3-4-5-6-9-20-33-24-18-16-22(17-19-24)21-12-14-23(15-13-21)27(31)29-25-10-7-8-11-26(25)30(32)28-29/h7-8,10-19,28,32H,2-6,9,20H2,1H3. The lowest BCUT2D eigenvalue weighted by Crippen LogP contribution is -2.46. The topological polar surface area (TPSA) is 65.0 Å². The van der Waals surface area contributed by atoms with Crippen molar-refractivity contribution in [1.29, 1.82) is 0 Å². The van der Waals surface area contributed by atoms with E-state index in [9.17, 15) is 10.0 Å². The molecule has 0 aliphatic carbocycles. The van der Waals surface area contributed by atoms with E-state index in [1.54, 1.807) is 30.3 Å². The van der Waals surface area contributed by atoms with Gasteiger partial charge in [-0.05, 0) is 53.9 Å². The summed E-state index contributed by atoms with van der Waals surface area (Å²) in [5.41, 5.74) is 6.40.